The summed E-state index contributed by atoms with van der Waals surface area (Å²) in [6.07, 6.45) is 2.76. The molecule has 2 atom stereocenters. The maximum Gasteiger partial charge on any atom is 0.329 e. The highest BCUT2D eigenvalue weighted by molar-refractivity contribution is 5.98. The summed E-state index contributed by atoms with van der Waals surface area (Å²) in [6, 6.07) is 15.3. The second-order valence-electron chi connectivity index (χ2n) is 9.92. The van der Waals surface area contributed by atoms with Crippen LogP contribution < -0.4 is 10.1 Å². The molecule has 35 heavy (non-hydrogen) atoms. The van der Waals surface area contributed by atoms with Crippen molar-refractivity contribution in [3.63, 3.8) is 0 Å². The zero-order valence-electron chi connectivity index (χ0n) is 21.1. The Morgan fingerprint density at radius 3 is 2.49 bits per heavy atom. The van der Waals surface area contributed by atoms with E-state index in [0.717, 1.165) is 18.4 Å². The van der Waals surface area contributed by atoms with Crippen molar-refractivity contribution in [1.82, 2.24) is 10.2 Å². The molecule has 3 rings (SSSR count). The Bertz CT molecular complexity index is 1020. The van der Waals surface area contributed by atoms with Crippen LogP contribution in [0.2, 0.25) is 0 Å². The number of rotatable bonds is 9. The predicted octanol–water partition coefficient (Wildman–Crippen LogP) is 3.80. The lowest BCUT2D eigenvalue weighted by Crippen LogP contribution is -2.55. The summed E-state index contributed by atoms with van der Waals surface area (Å²) in [5.41, 5.74) is 0.804. The Kier molecular flexibility index (Phi) is 9.04. The van der Waals surface area contributed by atoms with Crippen LogP contribution in [0.15, 0.2) is 54.6 Å². The van der Waals surface area contributed by atoms with Crippen LogP contribution in [-0.4, -0.2) is 60.4 Å². The van der Waals surface area contributed by atoms with Crippen molar-refractivity contribution in [3.8, 4) is 5.75 Å². The molecule has 1 saturated heterocycles. The zero-order valence-corrected chi connectivity index (χ0v) is 21.1. The first-order chi connectivity index (χ1) is 16.7. The Balaban J connectivity index is 1.73. The molecule has 2 aromatic carbocycles. The van der Waals surface area contributed by atoms with Crippen molar-refractivity contribution in [2.45, 2.75) is 64.1 Å². The number of ether oxygens (including phenoxy) is 2. The Morgan fingerprint density at radius 2 is 1.80 bits per heavy atom. The van der Waals surface area contributed by atoms with Gasteiger partial charge in [0.1, 0.15) is 17.4 Å². The molecule has 0 aromatic heterocycles. The number of hydrogen-bond acceptors (Lipinski definition) is 6. The van der Waals surface area contributed by atoms with Gasteiger partial charge >= 0.3 is 5.97 Å². The van der Waals surface area contributed by atoms with Crippen molar-refractivity contribution >= 4 is 17.7 Å². The fourth-order valence-corrected chi connectivity index (χ4v) is 4.23. The second kappa shape index (κ2) is 12.0. The predicted molar refractivity (Wildman–Crippen MR) is 134 cm³/mol. The number of esters is 1. The first-order valence-corrected chi connectivity index (χ1v) is 12.1. The Morgan fingerprint density at radius 1 is 1.06 bits per heavy atom. The van der Waals surface area contributed by atoms with Crippen LogP contribution in [0.25, 0.3) is 0 Å². The largest absolute Gasteiger partial charge is 0.497 e. The van der Waals surface area contributed by atoms with Gasteiger partial charge in [-0.25, -0.2) is 4.79 Å². The summed E-state index contributed by atoms with van der Waals surface area (Å²) in [4.78, 5) is 41.3. The van der Waals surface area contributed by atoms with E-state index in [2.05, 4.69) is 5.32 Å². The smallest absolute Gasteiger partial charge is 0.329 e. The summed E-state index contributed by atoms with van der Waals surface area (Å²) in [5.74, 6) is -0.180. The Hall–Kier alpha value is -3.19. The molecule has 1 amide bonds. The number of nitrogens with zero attached hydrogens (tertiary/aromatic N) is 1. The normalized spacial score (nSPS) is 17.3. The standard InChI is InChI=1S/C28H36N2O5/c1-28(2,3)35-27(33)23(17-20-11-6-5-7-12-20)29-26(32)24-15-8-9-16-30(24)19-25(31)21-13-10-14-22(18-21)34-4/h5-7,10-14,18,23-24H,8-9,15-17,19H2,1-4H3,(H,29,32)/t23-,24?/m0/s1. The summed E-state index contributed by atoms with van der Waals surface area (Å²) in [6.45, 7) is 6.18. The van der Waals surface area contributed by atoms with E-state index in [4.69, 9.17) is 9.47 Å². The fourth-order valence-electron chi connectivity index (χ4n) is 4.23. The molecule has 1 N–H and O–H groups in total. The van der Waals surface area contributed by atoms with Crippen LogP contribution in [0.3, 0.4) is 0 Å². The van der Waals surface area contributed by atoms with E-state index in [1.165, 1.54) is 0 Å². The van der Waals surface area contributed by atoms with E-state index in [-0.39, 0.29) is 18.2 Å². The van der Waals surface area contributed by atoms with Crippen molar-refractivity contribution in [2.75, 3.05) is 20.2 Å². The number of Topliss-reactive ketones (excluding diaryl/α,β-unsaturated/α-hetero) is 1. The van der Waals surface area contributed by atoms with Crippen LogP contribution in [-0.2, 0) is 20.7 Å². The molecule has 188 valence electrons. The van der Waals surface area contributed by atoms with Gasteiger partial charge in [-0.3, -0.25) is 14.5 Å². The van der Waals surface area contributed by atoms with E-state index in [9.17, 15) is 14.4 Å². The number of carbonyl (C=O) groups excluding carboxylic acids is 3. The molecule has 7 heteroatoms. The highest BCUT2D eigenvalue weighted by atomic mass is 16.6. The average molecular weight is 481 g/mol. The highest BCUT2D eigenvalue weighted by Crippen LogP contribution is 2.20. The van der Waals surface area contributed by atoms with Gasteiger partial charge in [0, 0.05) is 12.0 Å². The molecule has 2 aromatic rings. The number of piperidine rings is 1. The number of benzene rings is 2. The summed E-state index contributed by atoms with van der Waals surface area (Å²) >= 11 is 0. The molecule has 0 aliphatic carbocycles. The van der Waals surface area contributed by atoms with Gasteiger partial charge in [-0.2, -0.15) is 0 Å². The van der Waals surface area contributed by atoms with Gasteiger partial charge in [-0.05, 0) is 57.9 Å². The van der Waals surface area contributed by atoms with Gasteiger partial charge < -0.3 is 14.8 Å². The van der Waals surface area contributed by atoms with Crippen LogP contribution in [0.4, 0.5) is 0 Å². The third-order valence-corrected chi connectivity index (χ3v) is 5.95. The quantitative estimate of drug-likeness (QED) is 0.434. The van der Waals surface area contributed by atoms with Crippen LogP contribution in [0.5, 0.6) is 5.75 Å². The van der Waals surface area contributed by atoms with Crippen molar-refractivity contribution < 1.29 is 23.9 Å². The maximum atomic E-state index is 13.4. The number of nitrogens with one attached hydrogen (secondary N) is 1. The second-order valence-corrected chi connectivity index (χ2v) is 9.92. The average Bonchev–Trinajstić information content (AvgIpc) is 2.83. The number of likely N-dealkylation sites (tertiary alicyclic amines) is 1. The summed E-state index contributed by atoms with van der Waals surface area (Å²) in [7, 11) is 1.56. The number of hydrogen-bond donors (Lipinski definition) is 1. The Labute approximate surface area is 207 Å². The number of ketones is 1. The van der Waals surface area contributed by atoms with E-state index in [1.54, 1.807) is 52.1 Å². The van der Waals surface area contributed by atoms with Crippen molar-refractivity contribution in [1.29, 1.82) is 0 Å². The fraction of sp³-hybridized carbons (Fsp3) is 0.464. The number of carbonyl (C=O) groups is 3. The molecule has 1 heterocycles. The monoisotopic (exact) mass is 480 g/mol. The molecular formula is C28H36N2O5. The molecule has 0 spiro atoms. The van der Waals surface area contributed by atoms with Gasteiger partial charge in [-0.15, -0.1) is 0 Å². The molecule has 1 aliphatic heterocycles. The minimum Gasteiger partial charge on any atom is -0.497 e. The SMILES string of the molecule is COc1cccc(C(=O)CN2CCCCC2C(=O)N[C@@H](Cc2ccccc2)C(=O)OC(C)(C)C)c1. The number of amides is 1. The lowest BCUT2D eigenvalue weighted by atomic mass is 9.99. The third kappa shape index (κ3) is 7.92. The highest BCUT2D eigenvalue weighted by Gasteiger charge is 2.34. The summed E-state index contributed by atoms with van der Waals surface area (Å²) < 4.78 is 10.8. The van der Waals surface area contributed by atoms with Gasteiger partial charge in [0.15, 0.2) is 5.78 Å². The molecule has 0 saturated carbocycles. The first-order valence-electron chi connectivity index (χ1n) is 12.1. The third-order valence-electron chi connectivity index (χ3n) is 5.95. The summed E-state index contributed by atoms with van der Waals surface area (Å²) in [5, 5.41) is 2.93. The molecule has 1 unspecified atom stereocenters. The minimum absolute atomic E-state index is 0.0726. The van der Waals surface area contributed by atoms with E-state index >= 15 is 0 Å². The molecule has 0 radical (unpaired) electrons. The maximum absolute atomic E-state index is 13.4. The van der Waals surface area contributed by atoms with E-state index in [1.807, 2.05) is 35.2 Å². The zero-order chi connectivity index (χ0) is 25.4. The lowest BCUT2D eigenvalue weighted by Gasteiger charge is -2.35. The van der Waals surface area contributed by atoms with Gasteiger partial charge in [0.25, 0.3) is 0 Å². The molecular weight excluding hydrogens is 444 g/mol. The van der Waals surface area contributed by atoms with Crippen molar-refractivity contribution in [3.05, 3.63) is 65.7 Å². The van der Waals surface area contributed by atoms with Crippen LogP contribution in [0.1, 0.15) is 56.0 Å². The van der Waals surface area contributed by atoms with E-state index in [0.29, 0.717) is 30.7 Å². The van der Waals surface area contributed by atoms with Gasteiger partial charge in [0.05, 0.1) is 19.7 Å². The first kappa shape index (κ1) is 26.4. The molecule has 0 bridgehead atoms. The van der Waals surface area contributed by atoms with Gasteiger partial charge in [0.2, 0.25) is 5.91 Å². The van der Waals surface area contributed by atoms with E-state index < -0.39 is 23.7 Å². The topological polar surface area (TPSA) is 84.9 Å². The molecule has 7 nitrogen and oxygen atoms in total. The molecule has 1 fully saturated rings. The van der Waals surface area contributed by atoms with Crippen molar-refractivity contribution in [2.24, 2.45) is 0 Å². The number of methoxy groups -OCH3 is 1. The van der Waals surface area contributed by atoms with Crippen LogP contribution in [0, 0.1) is 0 Å². The minimum atomic E-state index is -0.818. The molecule has 1 aliphatic rings. The lowest BCUT2D eigenvalue weighted by molar-refractivity contribution is -0.159. The van der Waals surface area contributed by atoms with Gasteiger partial charge in [-0.1, -0.05) is 48.9 Å². The van der Waals surface area contributed by atoms with Crippen LogP contribution >= 0.6 is 0 Å².